The van der Waals surface area contributed by atoms with Gasteiger partial charge in [-0.2, -0.15) is 0 Å². The summed E-state index contributed by atoms with van der Waals surface area (Å²) < 4.78 is 11.3. The fraction of sp³-hybridized carbons (Fsp3) is 0.500. The zero-order valence-electron chi connectivity index (χ0n) is 8.52. The van der Waals surface area contributed by atoms with Gasteiger partial charge in [-0.1, -0.05) is 23.9 Å². The van der Waals surface area contributed by atoms with Crippen LogP contribution in [0.1, 0.15) is 12.8 Å². The van der Waals surface area contributed by atoms with Gasteiger partial charge >= 0.3 is 0 Å². The molecule has 2 heterocycles. The Hall–Kier alpha value is -0.670. The molecule has 0 saturated carbocycles. The average Bonchev–Trinajstić information content (AvgIpc) is 2.74. The maximum Gasteiger partial charge on any atom is 0.152 e. The SMILES string of the molecule is c1ccc2c(c1)OC(C1CCOCC1)S2. The van der Waals surface area contributed by atoms with Crippen molar-refractivity contribution in [1.29, 1.82) is 0 Å². The first-order valence-electron chi connectivity index (χ1n) is 5.43. The summed E-state index contributed by atoms with van der Waals surface area (Å²) in [5, 5.41) is 0. The second kappa shape index (κ2) is 4.06. The lowest BCUT2D eigenvalue weighted by molar-refractivity contribution is 0.0434. The number of hydrogen-bond donors (Lipinski definition) is 0. The molecule has 2 nitrogen and oxygen atoms in total. The quantitative estimate of drug-likeness (QED) is 0.728. The van der Waals surface area contributed by atoms with Gasteiger partial charge in [0.15, 0.2) is 5.44 Å². The van der Waals surface area contributed by atoms with E-state index in [-0.39, 0.29) is 0 Å². The minimum atomic E-state index is 0.311. The van der Waals surface area contributed by atoms with E-state index in [4.69, 9.17) is 9.47 Å². The molecule has 1 saturated heterocycles. The average molecular weight is 222 g/mol. The minimum absolute atomic E-state index is 0.311. The topological polar surface area (TPSA) is 18.5 Å². The van der Waals surface area contributed by atoms with Crippen molar-refractivity contribution in [3.8, 4) is 5.75 Å². The monoisotopic (exact) mass is 222 g/mol. The van der Waals surface area contributed by atoms with Crippen LogP contribution in [0.25, 0.3) is 0 Å². The second-order valence-corrected chi connectivity index (χ2v) is 5.14. The molecule has 0 aromatic heterocycles. The number of thioether (sulfide) groups is 1. The summed E-state index contributed by atoms with van der Waals surface area (Å²) in [5.41, 5.74) is 0.311. The van der Waals surface area contributed by atoms with Gasteiger partial charge in [0.1, 0.15) is 5.75 Å². The summed E-state index contributed by atoms with van der Waals surface area (Å²) in [5.74, 6) is 1.70. The minimum Gasteiger partial charge on any atom is -0.478 e. The highest BCUT2D eigenvalue weighted by Gasteiger charge is 2.31. The van der Waals surface area contributed by atoms with E-state index < -0.39 is 0 Å². The molecule has 1 unspecified atom stereocenters. The Balaban J connectivity index is 1.72. The highest BCUT2D eigenvalue weighted by atomic mass is 32.2. The summed E-state index contributed by atoms with van der Waals surface area (Å²) in [4.78, 5) is 1.29. The lowest BCUT2D eigenvalue weighted by atomic mass is 10.0. The summed E-state index contributed by atoms with van der Waals surface area (Å²) >= 11 is 1.86. The molecule has 1 aromatic carbocycles. The number of rotatable bonds is 1. The van der Waals surface area contributed by atoms with Crippen molar-refractivity contribution in [2.24, 2.45) is 5.92 Å². The van der Waals surface area contributed by atoms with E-state index in [0.717, 1.165) is 31.8 Å². The molecular weight excluding hydrogens is 208 g/mol. The van der Waals surface area contributed by atoms with Crippen LogP contribution in [0.3, 0.4) is 0 Å². The van der Waals surface area contributed by atoms with Crippen LogP contribution in [0.15, 0.2) is 29.2 Å². The molecule has 0 radical (unpaired) electrons. The molecule has 3 heteroatoms. The van der Waals surface area contributed by atoms with E-state index in [0.29, 0.717) is 11.4 Å². The molecule has 1 atom stereocenters. The van der Waals surface area contributed by atoms with E-state index in [1.165, 1.54) is 4.90 Å². The highest BCUT2D eigenvalue weighted by molar-refractivity contribution is 8.00. The van der Waals surface area contributed by atoms with Crippen LogP contribution in [0.2, 0.25) is 0 Å². The summed E-state index contributed by atoms with van der Waals surface area (Å²) in [6.07, 6.45) is 2.26. The van der Waals surface area contributed by atoms with Crippen LogP contribution in [-0.4, -0.2) is 18.6 Å². The largest absolute Gasteiger partial charge is 0.478 e. The molecule has 2 aliphatic rings. The number of hydrogen-bond acceptors (Lipinski definition) is 3. The van der Waals surface area contributed by atoms with Gasteiger partial charge in [-0.05, 0) is 25.0 Å². The van der Waals surface area contributed by atoms with E-state index in [1.807, 2.05) is 17.8 Å². The maximum absolute atomic E-state index is 5.95. The van der Waals surface area contributed by atoms with Crippen LogP contribution in [0.5, 0.6) is 5.75 Å². The van der Waals surface area contributed by atoms with E-state index in [2.05, 4.69) is 18.2 Å². The zero-order chi connectivity index (χ0) is 10.1. The van der Waals surface area contributed by atoms with Gasteiger partial charge in [-0.15, -0.1) is 0 Å². The van der Waals surface area contributed by atoms with Gasteiger partial charge in [-0.3, -0.25) is 0 Å². The first-order valence-corrected chi connectivity index (χ1v) is 6.31. The third-order valence-corrected chi connectivity index (χ3v) is 4.29. The Bertz CT molecular complexity index is 322. The molecule has 0 N–H and O–H groups in total. The normalized spacial score (nSPS) is 26.0. The van der Waals surface area contributed by atoms with Crippen molar-refractivity contribution in [3.05, 3.63) is 24.3 Å². The predicted molar refractivity (Wildman–Crippen MR) is 60.3 cm³/mol. The highest BCUT2D eigenvalue weighted by Crippen LogP contribution is 2.44. The Kier molecular flexibility index (Phi) is 2.59. The number of fused-ring (bicyclic) bond motifs is 1. The molecule has 0 amide bonds. The Labute approximate surface area is 94.0 Å². The van der Waals surface area contributed by atoms with Crippen molar-refractivity contribution in [2.45, 2.75) is 23.2 Å². The van der Waals surface area contributed by atoms with Crippen LogP contribution in [0.4, 0.5) is 0 Å². The smallest absolute Gasteiger partial charge is 0.152 e. The molecule has 0 aliphatic carbocycles. The molecular formula is C12H14O2S. The molecule has 0 spiro atoms. The first kappa shape index (κ1) is 9.55. The van der Waals surface area contributed by atoms with Crippen molar-refractivity contribution < 1.29 is 9.47 Å². The van der Waals surface area contributed by atoms with Crippen LogP contribution < -0.4 is 4.74 Å². The van der Waals surface area contributed by atoms with Gasteiger partial charge in [-0.25, -0.2) is 0 Å². The van der Waals surface area contributed by atoms with Crippen LogP contribution in [-0.2, 0) is 4.74 Å². The third-order valence-electron chi connectivity index (χ3n) is 2.99. The maximum atomic E-state index is 5.95. The number of benzene rings is 1. The van der Waals surface area contributed by atoms with Gasteiger partial charge in [0, 0.05) is 19.1 Å². The van der Waals surface area contributed by atoms with E-state index in [1.54, 1.807) is 0 Å². The summed E-state index contributed by atoms with van der Waals surface area (Å²) in [7, 11) is 0. The first-order chi connectivity index (χ1) is 7.43. The fourth-order valence-electron chi connectivity index (χ4n) is 2.10. The van der Waals surface area contributed by atoms with Gasteiger partial charge in [0.2, 0.25) is 0 Å². The third kappa shape index (κ3) is 1.86. The van der Waals surface area contributed by atoms with Gasteiger partial charge in [0.05, 0.1) is 4.90 Å². The number of ether oxygens (including phenoxy) is 2. The van der Waals surface area contributed by atoms with Crippen molar-refractivity contribution in [3.63, 3.8) is 0 Å². The Morgan fingerprint density at radius 2 is 1.93 bits per heavy atom. The van der Waals surface area contributed by atoms with Crippen LogP contribution >= 0.6 is 11.8 Å². The zero-order valence-corrected chi connectivity index (χ0v) is 9.33. The molecule has 1 aromatic rings. The Morgan fingerprint density at radius 3 is 2.73 bits per heavy atom. The summed E-state index contributed by atoms with van der Waals surface area (Å²) in [6, 6.07) is 8.30. The standard InChI is InChI=1S/C12H14O2S/c1-2-4-11-10(3-1)14-12(15-11)9-5-7-13-8-6-9/h1-4,9,12H,5-8H2. The van der Waals surface area contributed by atoms with E-state index >= 15 is 0 Å². The van der Waals surface area contributed by atoms with Crippen molar-refractivity contribution >= 4 is 11.8 Å². The molecule has 3 rings (SSSR count). The number of para-hydroxylation sites is 1. The molecule has 0 bridgehead atoms. The second-order valence-electron chi connectivity index (χ2n) is 4.00. The molecule has 2 aliphatic heterocycles. The van der Waals surface area contributed by atoms with Gasteiger partial charge in [0.25, 0.3) is 0 Å². The molecule has 1 fully saturated rings. The Morgan fingerprint density at radius 1 is 1.13 bits per heavy atom. The lowest BCUT2D eigenvalue weighted by Gasteiger charge is -2.26. The summed E-state index contributed by atoms with van der Waals surface area (Å²) in [6.45, 7) is 1.78. The fourth-order valence-corrected chi connectivity index (χ4v) is 3.36. The predicted octanol–water partition coefficient (Wildman–Crippen LogP) is 2.92. The van der Waals surface area contributed by atoms with Gasteiger partial charge < -0.3 is 9.47 Å². The molecule has 80 valence electrons. The molecule has 15 heavy (non-hydrogen) atoms. The van der Waals surface area contributed by atoms with E-state index in [9.17, 15) is 0 Å². The van der Waals surface area contributed by atoms with Crippen molar-refractivity contribution in [2.75, 3.05) is 13.2 Å². The van der Waals surface area contributed by atoms with Crippen molar-refractivity contribution in [1.82, 2.24) is 0 Å². The van der Waals surface area contributed by atoms with Crippen LogP contribution in [0, 0.1) is 5.92 Å². The lowest BCUT2D eigenvalue weighted by Crippen LogP contribution is -2.27.